The number of amides is 1. The Hall–Kier alpha value is -0.570. The smallest absolute Gasteiger partial charge is 0.227 e. The van der Waals surface area contributed by atoms with Crippen LogP contribution in [0.1, 0.15) is 27.7 Å². The summed E-state index contributed by atoms with van der Waals surface area (Å²) in [6.07, 6.45) is -0.457. The van der Waals surface area contributed by atoms with Gasteiger partial charge in [0.15, 0.2) is 0 Å². The number of nitrogens with zero attached hydrogens (tertiary/aromatic N) is 1. The third-order valence-corrected chi connectivity index (χ3v) is 1.53. The van der Waals surface area contributed by atoms with Crippen molar-refractivity contribution in [2.75, 3.05) is 13.6 Å². The van der Waals surface area contributed by atoms with Crippen LogP contribution in [0.3, 0.4) is 0 Å². The fraction of sp³-hybridized carbons (Fsp3) is 0.889. The highest BCUT2D eigenvalue weighted by Crippen LogP contribution is 2.16. The minimum atomic E-state index is -0.457. The number of aliphatic hydroxyl groups excluding tert-OH is 1. The van der Waals surface area contributed by atoms with Crippen molar-refractivity contribution in [2.45, 2.75) is 33.8 Å². The average molecular weight is 173 g/mol. The molecule has 1 unspecified atom stereocenters. The van der Waals surface area contributed by atoms with Gasteiger partial charge in [0.2, 0.25) is 5.91 Å². The quantitative estimate of drug-likeness (QED) is 0.673. The first-order valence-electron chi connectivity index (χ1n) is 4.18. The van der Waals surface area contributed by atoms with Gasteiger partial charge in [-0.1, -0.05) is 20.8 Å². The van der Waals surface area contributed by atoms with E-state index in [1.807, 2.05) is 20.8 Å². The van der Waals surface area contributed by atoms with Crippen molar-refractivity contribution in [1.82, 2.24) is 4.90 Å². The topological polar surface area (TPSA) is 40.5 Å². The lowest BCUT2D eigenvalue weighted by Gasteiger charge is -2.26. The predicted molar refractivity (Wildman–Crippen MR) is 48.8 cm³/mol. The van der Waals surface area contributed by atoms with Crippen molar-refractivity contribution in [3.8, 4) is 0 Å². The van der Waals surface area contributed by atoms with Crippen LogP contribution in [0.25, 0.3) is 0 Å². The summed E-state index contributed by atoms with van der Waals surface area (Å²) in [5.41, 5.74) is -0.357. The van der Waals surface area contributed by atoms with Crippen LogP contribution in [-0.4, -0.2) is 35.6 Å². The monoisotopic (exact) mass is 173 g/mol. The molecule has 0 bridgehead atoms. The van der Waals surface area contributed by atoms with Gasteiger partial charge >= 0.3 is 0 Å². The summed E-state index contributed by atoms with van der Waals surface area (Å²) in [6.45, 7) is 7.68. The van der Waals surface area contributed by atoms with Gasteiger partial charge in [0.1, 0.15) is 0 Å². The van der Waals surface area contributed by atoms with Gasteiger partial charge in [-0.05, 0) is 6.92 Å². The number of carbonyl (C=O) groups is 1. The van der Waals surface area contributed by atoms with Gasteiger partial charge in [-0.2, -0.15) is 0 Å². The zero-order valence-electron chi connectivity index (χ0n) is 8.59. The Morgan fingerprint density at radius 1 is 1.50 bits per heavy atom. The van der Waals surface area contributed by atoms with Crippen molar-refractivity contribution in [3.63, 3.8) is 0 Å². The third kappa shape index (κ3) is 3.72. The van der Waals surface area contributed by atoms with Crippen LogP contribution in [0.15, 0.2) is 0 Å². The number of rotatable bonds is 2. The van der Waals surface area contributed by atoms with Gasteiger partial charge in [0.05, 0.1) is 6.10 Å². The fourth-order valence-corrected chi connectivity index (χ4v) is 1.05. The van der Waals surface area contributed by atoms with Crippen molar-refractivity contribution < 1.29 is 9.90 Å². The Labute approximate surface area is 74.4 Å². The number of hydrogen-bond donors (Lipinski definition) is 1. The standard InChI is InChI=1S/C9H19NO2/c1-7(11)6-10(5)8(12)9(2,3)4/h7,11H,6H2,1-5H3. The molecule has 1 atom stereocenters. The highest BCUT2D eigenvalue weighted by atomic mass is 16.3. The summed E-state index contributed by atoms with van der Waals surface area (Å²) in [5.74, 6) is 0.0587. The Morgan fingerprint density at radius 2 is 1.92 bits per heavy atom. The van der Waals surface area contributed by atoms with Gasteiger partial charge < -0.3 is 10.0 Å². The lowest BCUT2D eigenvalue weighted by molar-refractivity contribution is -0.139. The molecule has 0 aliphatic heterocycles. The second kappa shape index (κ2) is 3.90. The normalized spacial score (nSPS) is 14.2. The molecule has 0 aliphatic carbocycles. The van der Waals surface area contributed by atoms with Crippen LogP contribution in [0.4, 0.5) is 0 Å². The lowest BCUT2D eigenvalue weighted by Crippen LogP contribution is -2.40. The fourth-order valence-electron chi connectivity index (χ4n) is 1.05. The first kappa shape index (κ1) is 11.4. The van der Waals surface area contributed by atoms with Gasteiger partial charge in [0, 0.05) is 19.0 Å². The molecule has 0 radical (unpaired) electrons. The molecule has 0 rings (SSSR count). The summed E-state index contributed by atoms with van der Waals surface area (Å²) in [7, 11) is 1.71. The van der Waals surface area contributed by atoms with Crippen molar-refractivity contribution in [3.05, 3.63) is 0 Å². The zero-order chi connectivity index (χ0) is 9.94. The molecule has 12 heavy (non-hydrogen) atoms. The minimum absolute atomic E-state index is 0.0587. The second-order valence-electron chi connectivity index (χ2n) is 4.28. The largest absolute Gasteiger partial charge is 0.392 e. The maximum atomic E-state index is 11.5. The lowest BCUT2D eigenvalue weighted by atomic mass is 9.95. The minimum Gasteiger partial charge on any atom is -0.392 e. The van der Waals surface area contributed by atoms with Crippen molar-refractivity contribution in [2.24, 2.45) is 5.41 Å². The molecular formula is C9H19NO2. The number of hydrogen-bond acceptors (Lipinski definition) is 2. The van der Waals surface area contributed by atoms with E-state index < -0.39 is 6.10 Å². The SMILES string of the molecule is CC(O)CN(C)C(=O)C(C)(C)C. The molecule has 0 aromatic carbocycles. The Kier molecular flexibility index (Phi) is 3.71. The molecule has 0 aromatic rings. The van der Waals surface area contributed by atoms with Crippen LogP contribution in [0.5, 0.6) is 0 Å². The zero-order valence-corrected chi connectivity index (χ0v) is 8.59. The van der Waals surface area contributed by atoms with E-state index in [0.717, 1.165) is 0 Å². The number of carbonyl (C=O) groups excluding carboxylic acids is 1. The number of aliphatic hydroxyl groups is 1. The van der Waals surface area contributed by atoms with Crippen LogP contribution in [-0.2, 0) is 4.79 Å². The molecule has 3 heteroatoms. The van der Waals surface area contributed by atoms with Gasteiger partial charge in [-0.25, -0.2) is 0 Å². The molecule has 0 aliphatic rings. The molecule has 1 N–H and O–H groups in total. The second-order valence-corrected chi connectivity index (χ2v) is 4.28. The van der Waals surface area contributed by atoms with E-state index in [1.165, 1.54) is 0 Å². The summed E-state index contributed by atoms with van der Waals surface area (Å²) in [5, 5.41) is 9.04. The Bertz CT molecular complexity index is 158. The van der Waals surface area contributed by atoms with Crippen LogP contribution in [0, 0.1) is 5.41 Å². The van der Waals surface area contributed by atoms with E-state index in [2.05, 4.69) is 0 Å². The summed E-state index contributed by atoms with van der Waals surface area (Å²) < 4.78 is 0. The molecule has 1 amide bonds. The van der Waals surface area contributed by atoms with Crippen LogP contribution in [0.2, 0.25) is 0 Å². The highest BCUT2D eigenvalue weighted by molar-refractivity contribution is 5.81. The molecule has 3 nitrogen and oxygen atoms in total. The maximum absolute atomic E-state index is 11.5. The molecule has 0 spiro atoms. The summed E-state index contributed by atoms with van der Waals surface area (Å²) >= 11 is 0. The third-order valence-electron chi connectivity index (χ3n) is 1.53. The van der Waals surface area contributed by atoms with E-state index in [4.69, 9.17) is 5.11 Å². The van der Waals surface area contributed by atoms with Gasteiger partial charge in [-0.3, -0.25) is 4.79 Å². The number of likely N-dealkylation sites (N-methyl/N-ethyl adjacent to an activating group) is 1. The predicted octanol–water partition coefficient (Wildman–Crippen LogP) is 0.872. The molecule has 0 saturated heterocycles. The van der Waals surface area contributed by atoms with E-state index in [9.17, 15) is 4.79 Å². The first-order valence-corrected chi connectivity index (χ1v) is 4.18. The van der Waals surface area contributed by atoms with Crippen LogP contribution < -0.4 is 0 Å². The van der Waals surface area contributed by atoms with Crippen molar-refractivity contribution >= 4 is 5.91 Å². The highest BCUT2D eigenvalue weighted by Gasteiger charge is 2.25. The van der Waals surface area contributed by atoms with E-state index in [1.54, 1.807) is 18.9 Å². The Balaban J connectivity index is 4.12. The Morgan fingerprint density at radius 3 is 2.17 bits per heavy atom. The molecule has 0 saturated carbocycles. The van der Waals surface area contributed by atoms with E-state index >= 15 is 0 Å². The first-order chi connectivity index (χ1) is 5.25. The van der Waals surface area contributed by atoms with Gasteiger partial charge in [0.25, 0.3) is 0 Å². The molecular weight excluding hydrogens is 154 g/mol. The summed E-state index contributed by atoms with van der Waals surface area (Å²) in [6, 6.07) is 0. The van der Waals surface area contributed by atoms with E-state index in [0.29, 0.717) is 6.54 Å². The molecule has 72 valence electrons. The van der Waals surface area contributed by atoms with Crippen LogP contribution >= 0.6 is 0 Å². The maximum Gasteiger partial charge on any atom is 0.227 e. The van der Waals surface area contributed by atoms with Gasteiger partial charge in [-0.15, -0.1) is 0 Å². The van der Waals surface area contributed by atoms with E-state index in [-0.39, 0.29) is 11.3 Å². The molecule has 0 aromatic heterocycles. The average Bonchev–Trinajstić information content (AvgIpc) is 1.82. The molecule has 0 fully saturated rings. The molecule has 0 heterocycles. The summed E-state index contributed by atoms with van der Waals surface area (Å²) in [4.78, 5) is 13.1. The van der Waals surface area contributed by atoms with Crippen molar-refractivity contribution in [1.29, 1.82) is 0 Å².